The Bertz CT molecular complexity index is 284. The Balaban J connectivity index is 2.05. The number of hydrogen-bond acceptors (Lipinski definition) is 2. The van der Waals surface area contributed by atoms with Gasteiger partial charge in [-0.1, -0.05) is 37.3 Å². The molecule has 1 aromatic carbocycles. The van der Waals surface area contributed by atoms with Crippen LogP contribution in [0.15, 0.2) is 30.3 Å². The molecule has 14 heavy (non-hydrogen) atoms. The fourth-order valence-corrected chi connectivity index (χ4v) is 1.79. The third-order valence-corrected chi connectivity index (χ3v) is 2.74. The normalized spacial score (nSPS) is 29.0. The molecule has 0 spiro atoms. The Labute approximate surface area is 84.8 Å². The van der Waals surface area contributed by atoms with Gasteiger partial charge in [-0.2, -0.15) is 0 Å². The van der Waals surface area contributed by atoms with Crippen LogP contribution >= 0.6 is 0 Å². The number of rotatable bonds is 2. The topological polar surface area (TPSA) is 18.5 Å². The van der Waals surface area contributed by atoms with Crippen LogP contribution in [0.4, 0.5) is 0 Å². The van der Waals surface area contributed by atoms with Crippen molar-refractivity contribution in [2.24, 2.45) is 0 Å². The van der Waals surface area contributed by atoms with Crippen molar-refractivity contribution in [3.63, 3.8) is 0 Å². The molecule has 2 rings (SSSR count). The van der Waals surface area contributed by atoms with E-state index in [1.165, 1.54) is 5.56 Å². The molecular formula is C12H16O2. The van der Waals surface area contributed by atoms with Crippen LogP contribution in [0, 0.1) is 0 Å². The molecule has 0 amide bonds. The summed E-state index contributed by atoms with van der Waals surface area (Å²) in [6, 6.07) is 10.4. The molecule has 1 fully saturated rings. The first-order valence-electron chi connectivity index (χ1n) is 5.09. The summed E-state index contributed by atoms with van der Waals surface area (Å²) in [5.74, 6) is 0.404. The zero-order chi connectivity index (χ0) is 9.97. The number of benzene rings is 1. The highest BCUT2D eigenvalue weighted by Crippen LogP contribution is 2.26. The fourth-order valence-electron chi connectivity index (χ4n) is 1.79. The van der Waals surface area contributed by atoms with E-state index >= 15 is 0 Å². The summed E-state index contributed by atoms with van der Waals surface area (Å²) >= 11 is 0. The second-order valence-electron chi connectivity index (χ2n) is 3.77. The van der Waals surface area contributed by atoms with Gasteiger partial charge in [0.25, 0.3) is 0 Å². The second kappa shape index (κ2) is 4.11. The smallest absolute Gasteiger partial charge is 0.155 e. The van der Waals surface area contributed by atoms with Gasteiger partial charge in [-0.15, -0.1) is 0 Å². The number of hydrogen-bond donors (Lipinski definition) is 0. The molecule has 0 aromatic heterocycles. The SMILES string of the molecule is C[C@H]1OC[C@H]([C@H](C)c2ccccc2)O1. The van der Waals surface area contributed by atoms with Crippen molar-refractivity contribution in [2.45, 2.75) is 32.2 Å². The second-order valence-corrected chi connectivity index (χ2v) is 3.77. The van der Waals surface area contributed by atoms with Crippen molar-refractivity contribution in [3.8, 4) is 0 Å². The van der Waals surface area contributed by atoms with E-state index in [9.17, 15) is 0 Å². The molecule has 1 saturated heterocycles. The summed E-state index contributed by atoms with van der Waals surface area (Å²) in [4.78, 5) is 0. The predicted molar refractivity (Wildman–Crippen MR) is 55.1 cm³/mol. The molecule has 0 saturated carbocycles. The van der Waals surface area contributed by atoms with E-state index in [1.54, 1.807) is 0 Å². The maximum Gasteiger partial charge on any atom is 0.155 e. The molecule has 1 aromatic rings. The van der Waals surface area contributed by atoms with Gasteiger partial charge in [-0.25, -0.2) is 0 Å². The average molecular weight is 192 g/mol. The Kier molecular flexibility index (Phi) is 2.85. The summed E-state index contributed by atoms with van der Waals surface area (Å²) in [5, 5.41) is 0. The third-order valence-electron chi connectivity index (χ3n) is 2.74. The van der Waals surface area contributed by atoms with Crippen molar-refractivity contribution in [1.29, 1.82) is 0 Å². The van der Waals surface area contributed by atoms with Gasteiger partial charge >= 0.3 is 0 Å². The molecule has 2 nitrogen and oxygen atoms in total. The molecule has 0 aliphatic carbocycles. The highest BCUT2D eigenvalue weighted by molar-refractivity contribution is 5.20. The van der Waals surface area contributed by atoms with E-state index in [0.717, 1.165) is 0 Å². The molecule has 1 aliphatic rings. The zero-order valence-corrected chi connectivity index (χ0v) is 8.64. The quantitative estimate of drug-likeness (QED) is 0.717. The first-order chi connectivity index (χ1) is 6.77. The Morgan fingerprint density at radius 2 is 2.00 bits per heavy atom. The van der Waals surface area contributed by atoms with Gasteiger partial charge in [-0.3, -0.25) is 0 Å². The summed E-state index contributed by atoms with van der Waals surface area (Å²) < 4.78 is 11.0. The standard InChI is InChI=1S/C12H16O2/c1-9(11-6-4-3-5-7-11)12-8-13-10(2)14-12/h3-7,9-10,12H,8H2,1-2H3/t9-,10+,12-/m1/s1. The lowest BCUT2D eigenvalue weighted by molar-refractivity contribution is -0.0455. The van der Waals surface area contributed by atoms with E-state index in [4.69, 9.17) is 9.47 Å². The van der Waals surface area contributed by atoms with Gasteiger partial charge in [0.05, 0.1) is 12.7 Å². The Morgan fingerprint density at radius 1 is 1.29 bits per heavy atom. The zero-order valence-electron chi connectivity index (χ0n) is 8.64. The van der Waals surface area contributed by atoms with E-state index in [0.29, 0.717) is 12.5 Å². The highest BCUT2D eigenvalue weighted by atomic mass is 16.7. The van der Waals surface area contributed by atoms with Crippen molar-refractivity contribution in [1.82, 2.24) is 0 Å². The van der Waals surface area contributed by atoms with Gasteiger partial charge in [0.1, 0.15) is 0 Å². The van der Waals surface area contributed by atoms with Crippen LogP contribution in [0.1, 0.15) is 25.3 Å². The summed E-state index contributed by atoms with van der Waals surface area (Å²) in [7, 11) is 0. The van der Waals surface area contributed by atoms with Gasteiger partial charge in [-0.05, 0) is 12.5 Å². The van der Waals surface area contributed by atoms with Gasteiger partial charge < -0.3 is 9.47 Å². The van der Waals surface area contributed by atoms with Crippen LogP contribution in [-0.2, 0) is 9.47 Å². The van der Waals surface area contributed by atoms with Crippen LogP contribution in [0.5, 0.6) is 0 Å². The lowest BCUT2D eigenvalue weighted by atomic mass is 9.96. The molecular weight excluding hydrogens is 176 g/mol. The molecule has 1 heterocycles. The highest BCUT2D eigenvalue weighted by Gasteiger charge is 2.28. The molecule has 0 radical (unpaired) electrons. The minimum atomic E-state index is -0.0498. The largest absolute Gasteiger partial charge is 0.350 e. The van der Waals surface area contributed by atoms with E-state index < -0.39 is 0 Å². The van der Waals surface area contributed by atoms with Gasteiger partial charge in [0.2, 0.25) is 0 Å². The molecule has 0 bridgehead atoms. The van der Waals surface area contributed by atoms with E-state index in [-0.39, 0.29) is 12.4 Å². The maximum atomic E-state index is 5.66. The minimum Gasteiger partial charge on any atom is -0.350 e. The fraction of sp³-hybridized carbons (Fsp3) is 0.500. The van der Waals surface area contributed by atoms with Crippen molar-refractivity contribution < 1.29 is 9.47 Å². The van der Waals surface area contributed by atoms with Crippen molar-refractivity contribution >= 4 is 0 Å². The summed E-state index contributed by atoms with van der Waals surface area (Å²) in [5.41, 5.74) is 1.32. The third kappa shape index (κ3) is 1.97. The predicted octanol–water partition coefficient (Wildman–Crippen LogP) is 2.55. The Hall–Kier alpha value is -0.860. The number of ether oxygens (including phenoxy) is 2. The van der Waals surface area contributed by atoms with Crippen LogP contribution in [0.2, 0.25) is 0 Å². The van der Waals surface area contributed by atoms with E-state index in [2.05, 4.69) is 31.2 Å². The molecule has 0 N–H and O–H groups in total. The van der Waals surface area contributed by atoms with Crippen LogP contribution < -0.4 is 0 Å². The lowest BCUT2D eigenvalue weighted by Gasteiger charge is -2.17. The van der Waals surface area contributed by atoms with E-state index in [1.807, 2.05) is 13.0 Å². The molecule has 0 unspecified atom stereocenters. The monoisotopic (exact) mass is 192 g/mol. The molecule has 1 aliphatic heterocycles. The van der Waals surface area contributed by atoms with Crippen LogP contribution in [0.25, 0.3) is 0 Å². The first kappa shape index (κ1) is 9.69. The molecule has 76 valence electrons. The van der Waals surface area contributed by atoms with Gasteiger partial charge in [0, 0.05) is 5.92 Å². The first-order valence-corrected chi connectivity index (χ1v) is 5.09. The summed E-state index contributed by atoms with van der Waals surface area (Å²) in [6.07, 6.45) is 0.151. The maximum absolute atomic E-state index is 5.66. The lowest BCUT2D eigenvalue weighted by Crippen LogP contribution is -2.18. The average Bonchev–Trinajstić information content (AvgIpc) is 2.65. The minimum absolute atomic E-state index is 0.0498. The van der Waals surface area contributed by atoms with Crippen molar-refractivity contribution in [3.05, 3.63) is 35.9 Å². The summed E-state index contributed by atoms with van der Waals surface area (Å²) in [6.45, 7) is 4.83. The van der Waals surface area contributed by atoms with Crippen molar-refractivity contribution in [2.75, 3.05) is 6.61 Å². The molecule has 2 heteroatoms. The van der Waals surface area contributed by atoms with Crippen LogP contribution in [0.3, 0.4) is 0 Å². The van der Waals surface area contributed by atoms with Crippen LogP contribution in [-0.4, -0.2) is 19.0 Å². The Morgan fingerprint density at radius 3 is 2.57 bits per heavy atom. The molecule has 3 atom stereocenters. The van der Waals surface area contributed by atoms with Gasteiger partial charge in [0.15, 0.2) is 6.29 Å².